The average molecular weight is 399 g/mol. The Kier molecular flexibility index (Phi) is 5.93. The highest BCUT2D eigenvalue weighted by Crippen LogP contribution is 2.25. The summed E-state index contributed by atoms with van der Waals surface area (Å²) in [5, 5.41) is 3.42. The fourth-order valence-electron chi connectivity index (χ4n) is 2.70. The Hall–Kier alpha value is -2.94. The maximum absolute atomic E-state index is 12.7. The van der Waals surface area contributed by atoms with E-state index >= 15 is 0 Å². The second-order valence-corrected chi connectivity index (χ2v) is 7.23. The summed E-state index contributed by atoms with van der Waals surface area (Å²) in [6, 6.07) is 9.29. The molecular weight excluding hydrogens is 378 g/mol. The molecule has 3 aromatic rings. The number of amides is 1. The summed E-state index contributed by atoms with van der Waals surface area (Å²) in [5.41, 5.74) is 0.0641. The average Bonchev–Trinajstić information content (AvgIpc) is 2.73. The minimum Gasteiger partial charge on any atom is -0.355 e. The molecule has 1 amide bonds. The zero-order chi connectivity index (χ0) is 20.3. The minimum absolute atomic E-state index is 0.117. The summed E-state index contributed by atoms with van der Waals surface area (Å²) < 4.78 is 2.35. The highest BCUT2D eigenvalue weighted by molar-refractivity contribution is 8.00. The molecule has 1 aromatic carbocycles. The van der Waals surface area contributed by atoms with Gasteiger partial charge in [0.1, 0.15) is 10.4 Å². The Morgan fingerprint density at radius 3 is 2.50 bits per heavy atom. The SMILES string of the molecule is CCCNC(=O)CSc1nc(-c2ccccc2)nc2c1c(=O)n(C)c(=O)n2C. The van der Waals surface area contributed by atoms with Gasteiger partial charge in [0.2, 0.25) is 5.91 Å². The molecular formula is C19H21N5O3S. The lowest BCUT2D eigenvalue weighted by Gasteiger charge is -2.12. The third-order valence-corrected chi connectivity index (χ3v) is 5.19. The Labute approximate surface area is 165 Å². The van der Waals surface area contributed by atoms with Crippen molar-refractivity contribution in [3.8, 4) is 11.4 Å². The maximum atomic E-state index is 12.7. The van der Waals surface area contributed by atoms with Crippen LogP contribution < -0.4 is 16.6 Å². The van der Waals surface area contributed by atoms with Crippen LogP contribution in [0, 0.1) is 0 Å². The minimum atomic E-state index is -0.478. The van der Waals surface area contributed by atoms with E-state index in [-0.39, 0.29) is 22.7 Å². The van der Waals surface area contributed by atoms with Crippen LogP contribution in [0.5, 0.6) is 0 Å². The van der Waals surface area contributed by atoms with Crippen LogP contribution in [0.1, 0.15) is 13.3 Å². The Morgan fingerprint density at radius 2 is 1.82 bits per heavy atom. The van der Waals surface area contributed by atoms with Gasteiger partial charge in [0.25, 0.3) is 5.56 Å². The van der Waals surface area contributed by atoms with Crippen LogP contribution in [0.15, 0.2) is 44.9 Å². The molecule has 2 aromatic heterocycles. The number of aromatic nitrogens is 4. The van der Waals surface area contributed by atoms with Gasteiger partial charge in [-0.1, -0.05) is 49.0 Å². The van der Waals surface area contributed by atoms with Gasteiger partial charge >= 0.3 is 5.69 Å². The first kappa shape index (κ1) is 19.8. The fraction of sp³-hybridized carbons (Fsp3) is 0.316. The molecule has 0 radical (unpaired) electrons. The third kappa shape index (κ3) is 3.84. The highest BCUT2D eigenvalue weighted by Gasteiger charge is 2.18. The van der Waals surface area contributed by atoms with Gasteiger partial charge in [-0.3, -0.25) is 18.7 Å². The molecule has 146 valence electrons. The van der Waals surface area contributed by atoms with Crippen LogP contribution in [0.25, 0.3) is 22.4 Å². The number of nitrogens with zero attached hydrogens (tertiary/aromatic N) is 4. The largest absolute Gasteiger partial charge is 0.355 e. The molecule has 0 saturated heterocycles. The summed E-state index contributed by atoms with van der Waals surface area (Å²) in [7, 11) is 2.98. The van der Waals surface area contributed by atoms with Gasteiger partial charge in [-0.05, 0) is 6.42 Å². The van der Waals surface area contributed by atoms with Gasteiger partial charge in [0.05, 0.1) is 5.75 Å². The molecule has 3 rings (SSSR count). The monoisotopic (exact) mass is 399 g/mol. The number of hydrogen-bond acceptors (Lipinski definition) is 6. The van der Waals surface area contributed by atoms with E-state index in [0.29, 0.717) is 17.4 Å². The number of carbonyl (C=O) groups is 1. The van der Waals surface area contributed by atoms with Crippen LogP contribution in [-0.2, 0) is 18.9 Å². The molecule has 0 spiro atoms. The maximum Gasteiger partial charge on any atom is 0.332 e. The molecule has 9 heteroatoms. The summed E-state index contributed by atoms with van der Waals surface area (Å²) in [6.07, 6.45) is 0.841. The smallest absolute Gasteiger partial charge is 0.332 e. The molecule has 0 fully saturated rings. The first-order chi connectivity index (χ1) is 13.4. The molecule has 0 aliphatic carbocycles. The zero-order valence-electron chi connectivity index (χ0n) is 15.9. The lowest BCUT2D eigenvalue weighted by Crippen LogP contribution is -2.37. The molecule has 0 aliphatic rings. The van der Waals surface area contributed by atoms with Crippen molar-refractivity contribution in [2.45, 2.75) is 18.4 Å². The number of hydrogen-bond donors (Lipinski definition) is 1. The molecule has 0 bridgehead atoms. The van der Waals surface area contributed by atoms with Crippen molar-refractivity contribution in [3.63, 3.8) is 0 Å². The Bertz CT molecular complexity index is 1140. The van der Waals surface area contributed by atoms with E-state index in [1.807, 2.05) is 37.3 Å². The van der Waals surface area contributed by atoms with Crippen molar-refractivity contribution < 1.29 is 4.79 Å². The van der Waals surface area contributed by atoms with Crippen molar-refractivity contribution in [1.82, 2.24) is 24.4 Å². The van der Waals surface area contributed by atoms with E-state index in [9.17, 15) is 14.4 Å². The number of carbonyl (C=O) groups excluding carboxylic acids is 1. The number of thioether (sulfide) groups is 1. The van der Waals surface area contributed by atoms with Crippen molar-refractivity contribution in [3.05, 3.63) is 51.2 Å². The van der Waals surface area contributed by atoms with Gasteiger partial charge in [-0.2, -0.15) is 0 Å². The predicted octanol–water partition coefficient (Wildman–Crippen LogP) is 1.31. The lowest BCUT2D eigenvalue weighted by atomic mass is 10.2. The quantitative estimate of drug-likeness (QED) is 0.496. The summed E-state index contributed by atoms with van der Waals surface area (Å²) >= 11 is 1.16. The van der Waals surface area contributed by atoms with Crippen LogP contribution in [0.4, 0.5) is 0 Å². The molecule has 1 N–H and O–H groups in total. The second kappa shape index (κ2) is 8.39. The van der Waals surface area contributed by atoms with Gasteiger partial charge in [0.15, 0.2) is 11.5 Å². The van der Waals surface area contributed by atoms with Gasteiger partial charge in [-0.25, -0.2) is 14.8 Å². The first-order valence-electron chi connectivity index (χ1n) is 8.86. The van der Waals surface area contributed by atoms with E-state index in [4.69, 9.17) is 0 Å². The molecule has 2 heterocycles. The van der Waals surface area contributed by atoms with Gasteiger partial charge < -0.3 is 5.32 Å². The Morgan fingerprint density at radius 1 is 1.11 bits per heavy atom. The topological polar surface area (TPSA) is 98.9 Å². The Balaban J connectivity index is 2.17. The van der Waals surface area contributed by atoms with E-state index < -0.39 is 11.2 Å². The van der Waals surface area contributed by atoms with Crippen LogP contribution >= 0.6 is 11.8 Å². The van der Waals surface area contributed by atoms with Crippen LogP contribution in [0.3, 0.4) is 0 Å². The van der Waals surface area contributed by atoms with Gasteiger partial charge in [-0.15, -0.1) is 0 Å². The normalized spacial score (nSPS) is 11.0. The number of aryl methyl sites for hydroxylation is 1. The molecule has 0 unspecified atom stereocenters. The highest BCUT2D eigenvalue weighted by atomic mass is 32.2. The fourth-order valence-corrected chi connectivity index (χ4v) is 3.54. The number of nitrogens with one attached hydrogen (secondary N) is 1. The standard InChI is InChI=1S/C19H21N5O3S/c1-4-10-20-13(25)11-28-17-14-16(23(2)19(27)24(3)18(14)26)21-15(22-17)12-8-6-5-7-9-12/h5-9H,4,10-11H2,1-3H3,(H,20,25). The van der Waals surface area contributed by atoms with E-state index in [1.54, 1.807) is 7.05 Å². The van der Waals surface area contributed by atoms with Crippen molar-refractivity contribution in [2.24, 2.45) is 14.1 Å². The van der Waals surface area contributed by atoms with Crippen molar-refractivity contribution >= 4 is 28.7 Å². The van der Waals surface area contributed by atoms with Crippen molar-refractivity contribution in [2.75, 3.05) is 12.3 Å². The first-order valence-corrected chi connectivity index (χ1v) is 9.85. The second-order valence-electron chi connectivity index (χ2n) is 6.26. The number of rotatable bonds is 6. The van der Waals surface area contributed by atoms with E-state index in [1.165, 1.54) is 11.6 Å². The van der Waals surface area contributed by atoms with E-state index in [0.717, 1.165) is 28.3 Å². The zero-order valence-corrected chi connectivity index (χ0v) is 16.7. The summed E-state index contributed by atoms with van der Waals surface area (Å²) in [4.78, 5) is 46.1. The summed E-state index contributed by atoms with van der Waals surface area (Å²) in [5.74, 6) is 0.376. The molecule has 0 aliphatic heterocycles. The lowest BCUT2D eigenvalue weighted by molar-refractivity contribution is -0.118. The van der Waals surface area contributed by atoms with Crippen LogP contribution in [0.2, 0.25) is 0 Å². The molecule has 0 atom stereocenters. The van der Waals surface area contributed by atoms with E-state index in [2.05, 4.69) is 15.3 Å². The number of benzene rings is 1. The number of fused-ring (bicyclic) bond motifs is 1. The van der Waals surface area contributed by atoms with Crippen molar-refractivity contribution in [1.29, 1.82) is 0 Å². The van der Waals surface area contributed by atoms with Crippen LogP contribution in [-0.4, -0.2) is 37.3 Å². The molecule has 0 saturated carbocycles. The molecule has 28 heavy (non-hydrogen) atoms. The third-order valence-electron chi connectivity index (χ3n) is 4.21. The predicted molar refractivity (Wildman–Crippen MR) is 109 cm³/mol. The summed E-state index contributed by atoms with van der Waals surface area (Å²) in [6.45, 7) is 2.57. The van der Waals surface area contributed by atoms with Gasteiger partial charge in [0, 0.05) is 26.2 Å². The molecule has 8 nitrogen and oxygen atoms in total.